The Morgan fingerprint density at radius 2 is 2.00 bits per heavy atom. The highest BCUT2D eigenvalue weighted by Gasteiger charge is 2.60. The van der Waals surface area contributed by atoms with Crippen molar-refractivity contribution in [2.24, 2.45) is 11.8 Å². The Balaban J connectivity index is 0.00000304. The zero-order valence-electron chi connectivity index (χ0n) is 19.5. The molecule has 190 valence electrons. The maximum Gasteiger partial charge on any atom is 0.352 e. The number of carboxylic acid groups (broad SMARTS) is 1. The number of nitro benzene ring substituents is 1. The van der Waals surface area contributed by atoms with E-state index >= 15 is 0 Å². The van der Waals surface area contributed by atoms with E-state index in [0.29, 0.717) is 12.1 Å². The summed E-state index contributed by atoms with van der Waals surface area (Å²) in [7, 11) is 0. The molecule has 2 aliphatic rings. The van der Waals surface area contributed by atoms with Crippen LogP contribution in [0.3, 0.4) is 0 Å². The molecule has 1 saturated heterocycles. The summed E-state index contributed by atoms with van der Waals surface area (Å²) in [5.74, 6) is -2.33. The van der Waals surface area contributed by atoms with Crippen molar-refractivity contribution >= 4 is 51.1 Å². The molecular weight excluding hydrogens is 572 g/mol. The number of imidazole rings is 1. The van der Waals surface area contributed by atoms with Crippen molar-refractivity contribution < 1.29 is 46.1 Å². The second kappa shape index (κ2) is 9.61. The molecule has 0 radical (unpaired) electrons. The van der Waals surface area contributed by atoms with Gasteiger partial charge in [-0.2, -0.15) is 4.40 Å². The zero-order valence-corrected chi connectivity index (χ0v) is 22.7. The van der Waals surface area contributed by atoms with Gasteiger partial charge in [-0.05, 0) is 30.9 Å². The monoisotopic (exact) mass is 594 g/mol. The smallest absolute Gasteiger partial charge is 0.352 e. The van der Waals surface area contributed by atoms with Crippen LogP contribution in [0, 0.1) is 22.0 Å². The second-order valence-corrected chi connectivity index (χ2v) is 10.6. The average Bonchev–Trinajstić information content (AvgIpc) is 3.41. The van der Waals surface area contributed by atoms with E-state index in [1.807, 2.05) is 34.7 Å². The number of aliphatic hydroxyl groups is 1. The first-order chi connectivity index (χ1) is 16.6. The lowest BCUT2D eigenvalue weighted by Crippen LogP contribution is -3.00. The highest BCUT2D eigenvalue weighted by atomic mass is 79.9. The lowest BCUT2D eigenvalue weighted by atomic mass is 9.77. The molecule has 2 aliphatic heterocycles. The molecule has 4 atom stereocenters. The van der Waals surface area contributed by atoms with Crippen LogP contribution < -0.4 is 21.4 Å². The summed E-state index contributed by atoms with van der Waals surface area (Å²) in [6.45, 7) is 4.00. The summed E-state index contributed by atoms with van der Waals surface area (Å²) in [5, 5.41) is 31.9. The van der Waals surface area contributed by atoms with Crippen LogP contribution in [0.5, 0.6) is 0 Å². The van der Waals surface area contributed by atoms with Crippen LogP contribution >= 0.6 is 23.1 Å². The van der Waals surface area contributed by atoms with Gasteiger partial charge in [0.15, 0.2) is 0 Å². The molecule has 0 bridgehead atoms. The minimum Gasteiger partial charge on any atom is -1.00 e. The SMILES string of the molecule is CSc1c2sc(C3=C(C(=O)O)N4C(=O)[C@H]([C@@H](C)O)[C@H]4[C@H]3C)c[n+]2cn1Cc1ccc([N+](=O)[O-])cc1.[Br-]. The van der Waals surface area contributed by atoms with Gasteiger partial charge in [0.1, 0.15) is 18.4 Å². The highest BCUT2D eigenvalue weighted by Crippen LogP contribution is 2.51. The fourth-order valence-corrected chi connectivity index (χ4v) is 7.37. The van der Waals surface area contributed by atoms with E-state index in [2.05, 4.69) is 0 Å². The fourth-order valence-electron chi connectivity index (χ4n) is 5.19. The number of aliphatic carboxylic acids is 1. The Bertz CT molecular complexity index is 1410. The van der Waals surface area contributed by atoms with Gasteiger partial charge >= 0.3 is 5.97 Å². The number of thioether (sulfide) groups is 1. The Morgan fingerprint density at radius 3 is 2.56 bits per heavy atom. The number of carbonyl (C=O) groups is 2. The van der Waals surface area contributed by atoms with E-state index in [0.717, 1.165) is 20.3 Å². The number of nitrogens with zero attached hydrogens (tertiary/aromatic N) is 4. The number of aromatic nitrogens is 2. The van der Waals surface area contributed by atoms with Crippen molar-refractivity contribution in [3.8, 4) is 0 Å². The Labute approximate surface area is 224 Å². The number of fused-ring (bicyclic) bond motifs is 2. The van der Waals surface area contributed by atoms with E-state index in [9.17, 15) is 29.9 Å². The number of halogens is 1. The number of hydrogen-bond donors (Lipinski definition) is 2. The molecule has 0 unspecified atom stereocenters. The lowest BCUT2D eigenvalue weighted by molar-refractivity contribution is -0.508. The number of thiazole rings is 1. The maximum absolute atomic E-state index is 12.6. The number of carbonyl (C=O) groups excluding carboxylic acids is 1. The van der Waals surface area contributed by atoms with Crippen LogP contribution in [0.25, 0.3) is 10.4 Å². The topological polar surface area (TPSA) is 130 Å². The molecule has 5 rings (SSSR count). The molecule has 36 heavy (non-hydrogen) atoms. The summed E-state index contributed by atoms with van der Waals surface area (Å²) in [5.41, 5.74) is 1.57. The first-order valence-electron chi connectivity index (χ1n) is 10.9. The van der Waals surface area contributed by atoms with Crippen molar-refractivity contribution in [1.82, 2.24) is 9.47 Å². The quantitative estimate of drug-likeness (QED) is 0.125. The van der Waals surface area contributed by atoms with Crippen molar-refractivity contribution in [3.63, 3.8) is 0 Å². The van der Waals surface area contributed by atoms with Gasteiger partial charge in [-0.1, -0.05) is 30.0 Å². The predicted octanol–water partition coefficient (Wildman–Crippen LogP) is -0.376. The molecule has 3 aromatic rings. The Hall–Kier alpha value is -2.74. The van der Waals surface area contributed by atoms with Crippen LogP contribution in [0.2, 0.25) is 0 Å². The van der Waals surface area contributed by atoms with Crippen molar-refractivity contribution in [2.45, 2.75) is 37.6 Å². The van der Waals surface area contributed by atoms with Crippen molar-refractivity contribution in [1.29, 1.82) is 0 Å². The normalized spacial score (nSPS) is 21.8. The van der Waals surface area contributed by atoms with E-state index in [1.54, 1.807) is 30.8 Å². The third-order valence-electron chi connectivity index (χ3n) is 6.74. The van der Waals surface area contributed by atoms with E-state index < -0.39 is 22.9 Å². The zero-order chi connectivity index (χ0) is 25.2. The first-order valence-corrected chi connectivity index (χ1v) is 13.0. The number of carboxylic acids is 1. The van der Waals surface area contributed by atoms with Crippen LogP contribution in [0.1, 0.15) is 24.3 Å². The average molecular weight is 595 g/mol. The van der Waals surface area contributed by atoms with E-state index in [-0.39, 0.29) is 46.2 Å². The largest absolute Gasteiger partial charge is 1.00 e. The van der Waals surface area contributed by atoms with Crippen molar-refractivity contribution in [3.05, 3.63) is 63.0 Å². The number of amides is 1. The third-order valence-corrected chi connectivity index (χ3v) is 8.83. The number of aliphatic hydroxyl groups excluding tert-OH is 1. The molecule has 0 aliphatic carbocycles. The van der Waals surface area contributed by atoms with Gasteiger partial charge in [0, 0.05) is 23.6 Å². The summed E-state index contributed by atoms with van der Waals surface area (Å²) >= 11 is 3.02. The molecule has 0 saturated carbocycles. The molecule has 13 heteroatoms. The standard InChI is InChI=1S/C23H22N4O6S2.BrH/c1-11-16(19(23(30)31)26-18(11)17(12(2)28)20(26)29)15-9-25-10-24(21(34-3)22(25)35-15)8-13-4-6-14(7-5-13)27(32)33;/h4-7,9-12,17-18,28H,8H2,1-3H3;1H/t11-,12+,17+,18+;/m0./s1. The number of β-lactam (4-membered cyclic amide) rings is 1. The molecule has 1 aromatic carbocycles. The summed E-state index contributed by atoms with van der Waals surface area (Å²) in [4.78, 5) is 38.4. The third kappa shape index (κ3) is 3.94. The minimum absolute atomic E-state index is 0. The Kier molecular flexibility index (Phi) is 7.03. The first kappa shape index (κ1) is 26.3. The minimum atomic E-state index is -1.15. The summed E-state index contributed by atoms with van der Waals surface area (Å²) in [6.07, 6.45) is 4.91. The molecule has 0 spiro atoms. The van der Waals surface area contributed by atoms with Gasteiger partial charge in [0.25, 0.3) is 12.0 Å². The van der Waals surface area contributed by atoms with Crippen LogP contribution in [0.4, 0.5) is 5.69 Å². The summed E-state index contributed by atoms with van der Waals surface area (Å²) in [6, 6.07) is 6.07. The van der Waals surface area contributed by atoms with Crippen LogP contribution in [-0.2, 0) is 16.1 Å². The molecule has 10 nitrogen and oxygen atoms in total. The molecule has 1 fully saturated rings. The molecule has 4 heterocycles. The van der Waals surface area contributed by atoms with Gasteiger partial charge in [-0.25, -0.2) is 9.36 Å². The molecule has 2 aromatic heterocycles. The van der Waals surface area contributed by atoms with Gasteiger partial charge < -0.3 is 32.1 Å². The van der Waals surface area contributed by atoms with Gasteiger partial charge in [-0.3, -0.25) is 14.9 Å². The molecule has 2 N–H and O–H groups in total. The fraction of sp³-hybridized carbons (Fsp3) is 0.348. The van der Waals surface area contributed by atoms with E-state index in [4.69, 9.17) is 0 Å². The van der Waals surface area contributed by atoms with Gasteiger partial charge in [0.05, 0.1) is 27.9 Å². The number of hydrogen-bond acceptors (Lipinski definition) is 7. The maximum atomic E-state index is 12.6. The second-order valence-electron chi connectivity index (χ2n) is 8.81. The number of benzene rings is 1. The highest BCUT2D eigenvalue weighted by molar-refractivity contribution is 7.98. The van der Waals surface area contributed by atoms with Gasteiger partial charge in [-0.15, -0.1) is 0 Å². The Morgan fingerprint density at radius 1 is 1.33 bits per heavy atom. The van der Waals surface area contributed by atoms with Crippen LogP contribution in [0.15, 0.2) is 47.5 Å². The van der Waals surface area contributed by atoms with Crippen molar-refractivity contribution in [2.75, 3.05) is 6.26 Å². The number of nitro groups is 1. The summed E-state index contributed by atoms with van der Waals surface area (Å²) < 4.78 is 3.99. The lowest BCUT2D eigenvalue weighted by Gasteiger charge is -2.46. The van der Waals surface area contributed by atoms with Crippen LogP contribution in [-0.4, -0.2) is 54.9 Å². The molecular formula is C23H23BrN4O6S2. The number of non-ortho nitro benzene ring substituents is 1. The van der Waals surface area contributed by atoms with E-state index in [1.165, 1.54) is 28.4 Å². The number of rotatable bonds is 7. The predicted molar refractivity (Wildman–Crippen MR) is 129 cm³/mol. The van der Waals surface area contributed by atoms with Gasteiger partial charge in [0.2, 0.25) is 15.8 Å². The molecule has 1 amide bonds.